The summed E-state index contributed by atoms with van der Waals surface area (Å²) in [6, 6.07) is 23.2. The predicted molar refractivity (Wildman–Crippen MR) is 138 cm³/mol. The number of rotatable bonds is 6. The van der Waals surface area contributed by atoms with Gasteiger partial charge in [0, 0.05) is 12.2 Å². The number of likely N-dealkylation sites (tertiary alicyclic amines) is 1. The van der Waals surface area contributed by atoms with E-state index in [0.717, 1.165) is 36.9 Å². The predicted octanol–water partition coefficient (Wildman–Crippen LogP) is 5.81. The zero-order valence-corrected chi connectivity index (χ0v) is 20.2. The second-order valence-corrected chi connectivity index (χ2v) is 9.36. The molecule has 1 aliphatic carbocycles. The van der Waals surface area contributed by atoms with E-state index in [1.807, 2.05) is 72.5 Å². The van der Waals surface area contributed by atoms with Crippen LogP contribution in [-0.2, 0) is 17.6 Å². The highest BCUT2D eigenvalue weighted by Gasteiger charge is 2.40. The summed E-state index contributed by atoms with van der Waals surface area (Å²) in [6.07, 6.45) is 4.85. The van der Waals surface area contributed by atoms with Gasteiger partial charge in [-0.25, -0.2) is 0 Å². The number of piperidine rings is 1. The molecule has 2 aliphatic rings. The van der Waals surface area contributed by atoms with Gasteiger partial charge in [-0.05, 0) is 80.0 Å². The molecule has 1 N–H and O–H groups in total. The average Bonchev–Trinajstić information content (AvgIpc) is 3.37. The minimum absolute atomic E-state index is 0.0348. The molecule has 0 radical (unpaired) electrons. The Kier molecular flexibility index (Phi) is 6.84. The molecular weight excluding hydrogens is 436 g/mol. The van der Waals surface area contributed by atoms with Crippen LogP contribution in [0.2, 0.25) is 0 Å². The monoisotopic (exact) mass is 468 g/mol. The number of ether oxygens (including phenoxy) is 1. The van der Waals surface area contributed by atoms with Gasteiger partial charge < -0.3 is 15.0 Å². The van der Waals surface area contributed by atoms with Crippen LogP contribution in [0.4, 0.5) is 5.69 Å². The summed E-state index contributed by atoms with van der Waals surface area (Å²) >= 11 is 0. The van der Waals surface area contributed by atoms with Crippen LogP contribution in [-0.4, -0.2) is 29.9 Å². The van der Waals surface area contributed by atoms with Crippen LogP contribution in [0.1, 0.15) is 59.3 Å². The second-order valence-electron chi connectivity index (χ2n) is 9.36. The molecule has 5 rings (SSSR count). The number of hydrogen-bond donors (Lipinski definition) is 1. The minimum Gasteiger partial charge on any atom is -0.493 e. The van der Waals surface area contributed by atoms with Gasteiger partial charge in [0.15, 0.2) is 0 Å². The van der Waals surface area contributed by atoms with Crippen molar-refractivity contribution in [2.75, 3.05) is 18.5 Å². The Hall–Kier alpha value is -3.60. The molecule has 0 aromatic heterocycles. The Bertz CT molecular complexity index is 1210. The molecule has 0 spiro atoms. The highest BCUT2D eigenvalue weighted by atomic mass is 16.5. The number of amides is 2. The first-order valence-electron chi connectivity index (χ1n) is 12.7. The number of nitrogens with zero attached hydrogens (tertiary/aromatic N) is 1. The molecule has 5 heteroatoms. The second kappa shape index (κ2) is 10.3. The van der Waals surface area contributed by atoms with E-state index in [1.165, 1.54) is 17.5 Å². The van der Waals surface area contributed by atoms with Crippen LogP contribution < -0.4 is 10.1 Å². The zero-order valence-electron chi connectivity index (χ0n) is 20.2. The number of fused-ring (bicyclic) bond motifs is 1. The Morgan fingerprint density at radius 2 is 1.71 bits per heavy atom. The number of aryl methyl sites for hydroxylation is 2. The highest BCUT2D eigenvalue weighted by Crippen LogP contribution is 2.39. The van der Waals surface area contributed by atoms with Gasteiger partial charge in [-0.15, -0.1) is 0 Å². The van der Waals surface area contributed by atoms with E-state index in [2.05, 4.69) is 17.4 Å². The minimum atomic E-state index is -0.346. The lowest BCUT2D eigenvalue weighted by molar-refractivity contribution is -0.123. The lowest BCUT2D eigenvalue weighted by Gasteiger charge is -2.41. The van der Waals surface area contributed by atoms with Crippen LogP contribution in [0.15, 0.2) is 72.8 Å². The average molecular weight is 469 g/mol. The third kappa shape index (κ3) is 4.81. The van der Waals surface area contributed by atoms with Crippen molar-refractivity contribution >= 4 is 17.5 Å². The first-order valence-corrected chi connectivity index (χ1v) is 12.7. The van der Waals surface area contributed by atoms with Crippen LogP contribution in [0, 0.1) is 5.92 Å². The molecule has 180 valence electrons. The third-order valence-electron chi connectivity index (χ3n) is 7.15. The molecule has 0 saturated carbocycles. The molecule has 1 saturated heterocycles. The zero-order chi connectivity index (χ0) is 24.2. The van der Waals surface area contributed by atoms with Gasteiger partial charge in [0.1, 0.15) is 5.75 Å². The number of para-hydroxylation sites is 1. The molecule has 2 atom stereocenters. The van der Waals surface area contributed by atoms with E-state index in [-0.39, 0.29) is 23.8 Å². The summed E-state index contributed by atoms with van der Waals surface area (Å²) < 4.78 is 5.75. The molecule has 3 aromatic rings. The molecule has 5 nitrogen and oxygen atoms in total. The first kappa shape index (κ1) is 23.2. The fourth-order valence-corrected chi connectivity index (χ4v) is 5.52. The highest BCUT2D eigenvalue weighted by molar-refractivity contribution is 5.99. The van der Waals surface area contributed by atoms with Crippen LogP contribution in [0.25, 0.3) is 0 Å². The molecule has 1 aliphatic heterocycles. The number of anilines is 1. The number of hydrogen-bond acceptors (Lipinski definition) is 3. The van der Waals surface area contributed by atoms with E-state index in [4.69, 9.17) is 4.74 Å². The molecule has 1 heterocycles. The van der Waals surface area contributed by atoms with Gasteiger partial charge in [-0.3, -0.25) is 9.59 Å². The standard InChI is InChI=1S/C30H32N2O3/c1-2-35-27-16-7-6-14-25(27)30(34)32-19-9-15-26(28(32)22-10-4-3-5-11-22)29(33)31-24-18-17-21-12-8-13-23(21)20-24/h3-7,10-11,14,16-18,20,26,28H,2,8-9,12-13,15,19H2,1H3,(H,31,33). The maximum Gasteiger partial charge on any atom is 0.258 e. The molecule has 3 aromatic carbocycles. The first-order chi connectivity index (χ1) is 17.2. The lowest BCUT2D eigenvalue weighted by Crippen LogP contribution is -2.46. The Labute approximate surface area is 207 Å². The lowest BCUT2D eigenvalue weighted by atomic mass is 9.83. The van der Waals surface area contributed by atoms with Gasteiger partial charge in [0.2, 0.25) is 5.91 Å². The van der Waals surface area contributed by atoms with Gasteiger partial charge in [-0.1, -0.05) is 48.5 Å². The normalized spacial score (nSPS) is 19.2. The topological polar surface area (TPSA) is 58.6 Å². The fraction of sp³-hybridized carbons (Fsp3) is 0.333. The van der Waals surface area contributed by atoms with Crippen molar-refractivity contribution in [2.45, 2.75) is 45.1 Å². The van der Waals surface area contributed by atoms with E-state index >= 15 is 0 Å². The van der Waals surface area contributed by atoms with Gasteiger partial charge in [-0.2, -0.15) is 0 Å². The summed E-state index contributed by atoms with van der Waals surface area (Å²) in [4.78, 5) is 29.4. The summed E-state index contributed by atoms with van der Waals surface area (Å²) in [6.45, 7) is 2.99. The summed E-state index contributed by atoms with van der Waals surface area (Å²) in [5, 5.41) is 3.17. The number of nitrogens with one attached hydrogen (secondary N) is 1. The summed E-state index contributed by atoms with van der Waals surface area (Å²) in [7, 11) is 0. The molecule has 35 heavy (non-hydrogen) atoms. The molecule has 0 bridgehead atoms. The number of benzene rings is 3. The smallest absolute Gasteiger partial charge is 0.258 e. The largest absolute Gasteiger partial charge is 0.493 e. The number of carbonyl (C=O) groups is 2. The van der Waals surface area contributed by atoms with Crippen molar-refractivity contribution in [1.82, 2.24) is 4.90 Å². The van der Waals surface area contributed by atoms with Crippen LogP contribution in [0.3, 0.4) is 0 Å². The maximum absolute atomic E-state index is 13.8. The van der Waals surface area contributed by atoms with E-state index in [1.54, 1.807) is 0 Å². The quantitative estimate of drug-likeness (QED) is 0.497. The SMILES string of the molecule is CCOc1ccccc1C(=O)N1CCCC(C(=O)Nc2ccc3c(c2)CCC3)C1c1ccccc1. The van der Waals surface area contributed by atoms with Crippen LogP contribution in [0.5, 0.6) is 5.75 Å². The van der Waals surface area contributed by atoms with E-state index in [9.17, 15) is 9.59 Å². The van der Waals surface area contributed by atoms with Gasteiger partial charge in [0.25, 0.3) is 5.91 Å². The van der Waals surface area contributed by atoms with Crippen LogP contribution >= 0.6 is 0 Å². The maximum atomic E-state index is 13.8. The van der Waals surface area contributed by atoms with Crippen molar-refractivity contribution < 1.29 is 14.3 Å². The van der Waals surface area contributed by atoms with Crippen molar-refractivity contribution in [1.29, 1.82) is 0 Å². The van der Waals surface area contributed by atoms with Crippen molar-refractivity contribution in [2.24, 2.45) is 5.92 Å². The van der Waals surface area contributed by atoms with Gasteiger partial charge in [0.05, 0.1) is 24.1 Å². The van der Waals surface area contributed by atoms with Crippen molar-refractivity contribution in [3.8, 4) is 5.75 Å². The summed E-state index contributed by atoms with van der Waals surface area (Å²) in [5.74, 6) is 0.101. The van der Waals surface area contributed by atoms with E-state index in [0.29, 0.717) is 24.5 Å². The van der Waals surface area contributed by atoms with Crippen molar-refractivity contribution in [3.05, 3.63) is 95.1 Å². The molecule has 2 amide bonds. The Morgan fingerprint density at radius 3 is 2.54 bits per heavy atom. The fourth-order valence-electron chi connectivity index (χ4n) is 5.52. The Morgan fingerprint density at radius 1 is 0.943 bits per heavy atom. The Balaban J connectivity index is 1.46. The number of carbonyl (C=O) groups excluding carboxylic acids is 2. The van der Waals surface area contributed by atoms with E-state index < -0.39 is 0 Å². The third-order valence-corrected chi connectivity index (χ3v) is 7.15. The van der Waals surface area contributed by atoms with Crippen molar-refractivity contribution in [3.63, 3.8) is 0 Å². The molecular formula is C30H32N2O3. The molecule has 1 fully saturated rings. The van der Waals surface area contributed by atoms with Gasteiger partial charge >= 0.3 is 0 Å². The molecule has 2 unspecified atom stereocenters. The summed E-state index contributed by atoms with van der Waals surface area (Å²) in [5.41, 5.74) is 5.06.